The van der Waals surface area contributed by atoms with Gasteiger partial charge in [0, 0.05) is 19.3 Å². The van der Waals surface area contributed by atoms with Gasteiger partial charge in [-0.3, -0.25) is 9.48 Å². The van der Waals surface area contributed by atoms with E-state index in [9.17, 15) is 9.59 Å². The average molecular weight is 268 g/mol. The Morgan fingerprint density at radius 2 is 2.16 bits per heavy atom. The SMILES string of the molecule is CCc1nn(C)cc1NC(=O)N(CC(=O)O)C(C)C. The topological polar surface area (TPSA) is 87.5 Å². The van der Waals surface area contributed by atoms with Gasteiger partial charge in [0.1, 0.15) is 6.54 Å². The molecule has 0 radical (unpaired) electrons. The molecular formula is C12H20N4O3. The van der Waals surface area contributed by atoms with Gasteiger partial charge in [-0.2, -0.15) is 5.10 Å². The number of aliphatic carboxylic acids is 1. The van der Waals surface area contributed by atoms with Crippen LogP contribution in [0.1, 0.15) is 26.5 Å². The maximum atomic E-state index is 12.1. The lowest BCUT2D eigenvalue weighted by Gasteiger charge is -2.24. The van der Waals surface area contributed by atoms with Gasteiger partial charge in [0.25, 0.3) is 0 Å². The Bertz CT molecular complexity index is 468. The van der Waals surface area contributed by atoms with Crippen molar-refractivity contribution in [2.75, 3.05) is 11.9 Å². The minimum Gasteiger partial charge on any atom is -0.480 e. The van der Waals surface area contributed by atoms with E-state index in [2.05, 4.69) is 10.4 Å². The van der Waals surface area contributed by atoms with Crippen LogP contribution in [-0.2, 0) is 18.3 Å². The molecule has 2 amide bonds. The third-order valence-electron chi connectivity index (χ3n) is 2.67. The molecule has 1 aromatic heterocycles. The summed E-state index contributed by atoms with van der Waals surface area (Å²) in [5, 5.41) is 15.7. The number of hydrogen-bond acceptors (Lipinski definition) is 3. The van der Waals surface area contributed by atoms with Gasteiger partial charge in [-0.05, 0) is 20.3 Å². The Morgan fingerprint density at radius 1 is 1.53 bits per heavy atom. The van der Waals surface area contributed by atoms with Crippen LogP contribution in [0.5, 0.6) is 0 Å². The first-order chi connectivity index (χ1) is 8.85. The molecule has 0 aliphatic rings. The highest BCUT2D eigenvalue weighted by molar-refractivity contribution is 5.91. The number of urea groups is 1. The lowest BCUT2D eigenvalue weighted by molar-refractivity contribution is -0.137. The molecule has 106 valence electrons. The predicted molar refractivity (Wildman–Crippen MR) is 71.1 cm³/mol. The molecule has 1 aromatic rings. The number of nitrogens with zero attached hydrogens (tertiary/aromatic N) is 3. The number of aryl methyl sites for hydroxylation is 2. The molecule has 0 unspecified atom stereocenters. The highest BCUT2D eigenvalue weighted by atomic mass is 16.4. The highest BCUT2D eigenvalue weighted by Gasteiger charge is 2.21. The number of nitrogens with one attached hydrogen (secondary N) is 1. The van der Waals surface area contributed by atoms with E-state index < -0.39 is 12.0 Å². The molecule has 0 bridgehead atoms. The Hall–Kier alpha value is -2.05. The zero-order chi connectivity index (χ0) is 14.6. The largest absolute Gasteiger partial charge is 0.480 e. The van der Waals surface area contributed by atoms with Crippen LogP contribution in [0, 0.1) is 0 Å². The molecule has 2 N–H and O–H groups in total. The van der Waals surface area contributed by atoms with Gasteiger partial charge in [0.05, 0.1) is 11.4 Å². The number of carbonyl (C=O) groups is 2. The van der Waals surface area contributed by atoms with E-state index in [1.165, 1.54) is 4.90 Å². The van der Waals surface area contributed by atoms with Gasteiger partial charge in [0.15, 0.2) is 0 Å². The number of amides is 2. The standard InChI is InChI=1S/C12H20N4O3/c1-5-9-10(6-15(4)14-9)13-12(19)16(8(2)3)7-11(17)18/h6,8H,5,7H2,1-4H3,(H,13,19)(H,17,18). The van der Waals surface area contributed by atoms with Gasteiger partial charge in [0.2, 0.25) is 0 Å². The maximum absolute atomic E-state index is 12.1. The van der Waals surface area contributed by atoms with Crippen molar-refractivity contribution < 1.29 is 14.7 Å². The molecule has 0 atom stereocenters. The molecule has 1 rings (SSSR count). The normalized spacial score (nSPS) is 10.6. The fourth-order valence-corrected chi connectivity index (χ4v) is 1.72. The minimum absolute atomic E-state index is 0.196. The summed E-state index contributed by atoms with van der Waals surface area (Å²) in [5.74, 6) is -1.04. The van der Waals surface area contributed by atoms with Crippen molar-refractivity contribution in [1.29, 1.82) is 0 Å². The first-order valence-corrected chi connectivity index (χ1v) is 6.17. The van der Waals surface area contributed by atoms with Crippen molar-refractivity contribution in [3.63, 3.8) is 0 Å². The monoisotopic (exact) mass is 268 g/mol. The number of hydrogen-bond donors (Lipinski definition) is 2. The third kappa shape index (κ3) is 3.97. The molecule has 19 heavy (non-hydrogen) atoms. The fourth-order valence-electron chi connectivity index (χ4n) is 1.72. The minimum atomic E-state index is -1.04. The molecule has 7 heteroatoms. The number of carbonyl (C=O) groups excluding carboxylic acids is 1. The van der Waals surface area contributed by atoms with Crippen LogP contribution in [0.3, 0.4) is 0 Å². The van der Waals surface area contributed by atoms with Gasteiger partial charge < -0.3 is 15.3 Å². The Labute approximate surface area is 112 Å². The van der Waals surface area contributed by atoms with Crippen molar-refractivity contribution in [3.8, 4) is 0 Å². The summed E-state index contributed by atoms with van der Waals surface area (Å²) >= 11 is 0. The first-order valence-electron chi connectivity index (χ1n) is 6.17. The number of aromatic nitrogens is 2. The van der Waals surface area contributed by atoms with Crippen LogP contribution < -0.4 is 5.32 Å². The number of carboxylic acid groups (broad SMARTS) is 1. The molecule has 0 aliphatic heterocycles. The van der Waals surface area contributed by atoms with Crippen molar-refractivity contribution in [2.45, 2.75) is 33.2 Å². The van der Waals surface area contributed by atoms with Gasteiger partial charge in [-0.25, -0.2) is 4.79 Å². The number of anilines is 1. The second-order valence-electron chi connectivity index (χ2n) is 4.56. The summed E-state index contributed by atoms with van der Waals surface area (Å²) in [6.45, 7) is 5.15. The molecule has 7 nitrogen and oxygen atoms in total. The lowest BCUT2D eigenvalue weighted by atomic mass is 10.3. The van der Waals surface area contributed by atoms with Crippen molar-refractivity contribution in [3.05, 3.63) is 11.9 Å². The van der Waals surface area contributed by atoms with E-state index in [0.717, 1.165) is 5.69 Å². The summed E-state index contributed by atoms with van der Waals surface area (Å²) in [6.07, 6.45) is 2.40. The fraction of sp³-hybridized carbons (Fsp3) is 0.583. The van der Waals surface area contributed by atoms with Crippen LogP contribution in [0.25, 0.3) is 0 Å². The van der Waals surface area contributed by atoms with Crippen LogP contribution >= 0.6 is 0 Å². The average Bonchev–Trinajstić information content (AvgIpc) is 2.65. The van der Waals surface area contributed by atoms with E-state index in [-0.39, 0.29) is 12.6 Å². The number of rotatable bonds is 5. The Balaban J connectivity index is 2.83. The highest BCUT2D eigenvalue weighted by Crippen LogP contribution is 2.15. The lowest BCUT2D eigenvalue weighted by Crippen LogP contribution is -2.43. The van der Waals surface area contributed by atoms with Gasteiger partial charge >= 0.3 is 12.0 Å². The summed E-state index contributed by atoms with van der Waals surface area (Å²) in [6, 6.07) is -0.627. The van der Waals surface area contributed by atoms with Crippen molar-refractivity contribution in [1.82, 2.24) is 14.7 Å². The summed E-state index contributed by atoms with van der Waals surface area (Å²) in [7, 11) is 1.77. The molecule has 0 saturated heterocycles. The molecule has 0 spiro atoms. The number of carboxylic acids is 1. The van der Waals surface area contributed by atoms with Crippen LogP contribution in [0.4, 0.5) is 10.5 Å². The van der Waals surface area contributed by atoms with E-state index in [1.54, 1.807) is 31.8 Å². The molecule has 0 aromatic carbocycles. The molecule has 0 saturated carbocycles. The van der Waals surface area contributed by atoms with Crippen LogP contribution in [0.2, 0.25) is 0 Å². The van der Waals surface area contributed by atoms with E-state index in [0.29, 0.717) is 12.1 Å². The molecule has 1 heterocycles. The Morgan fingerprint density at radius 3 is 2.63 bits per heavy atom. The van der Waals surface area contributed by atoms with Crippen molar-refractivity contribution in [2.24, 2.45) is 7.05 Å². The zero-order valence-electron chi connectivity index (χ0n) is 11.7. The summed E-state index contributed by atoms with van der Waals surface area (Å²) in [4.78, 5) is 24.1. The molecule has 0 fully saturated rings. The Kier molecular flexibility index (Phi) is 4.91. The molecule has 0 aliphatic carbocycles. The van der Waals surface area contributed by atoms with Crippen LogP contribution in [-0.4, -0.2) is 44.4 Å². The summed E-state index contributed by atoms with van der Waals surface area (Å²) in [5.41, 5.74) is 1.39. The van der Waals surface area contributed by atoms with Crippen molar-refractivity contribution >= 4 is 17.7 Å². The second kappa shape index (κ2) is 6.21. The zero-order valence-corrected chi connectivity index (χ0v) is 11.7. The van der Waals surface area contributed by atoms with Gasteiger partial charge in [-0.1, -0.05) is 6.92 Å². The maximum Gasteiger partial charge on any atom is 0.323 e. The van der Waals surface area contributed by atoms with Gasteiger partial charge in [-0.15, -0.1) is 0 Å². The van der Waals surface area contributed by atoms with E-state index in [4.69, 9.17) is 5.11 Å². The van der Waals surface area contributed by atoms with Crippen LogP contribution in [0.15, 0.2) is 6.20 Å². The van der Waals surface area contributed by atoms with E-state index >= 15 is 0 Å². The quantitative estimate of drug-likeness (QED) is 0.842. The smallest absolute Gasteiger partial charge is 0.323 e. The summed E-state index contributed by atoms with van der Waals surface area (Å²) < 4.78 is 1.62. The molecular weight excluding hydrogens is 248 g/mol. The first kappa shape index (κ1) is 15.0. The predicted octanol–water partition coefficient (Wildman–Crippen LogP) is 1.31. The third-order valence-corrected chi connectivity index (χ3v) is 2.67. The van der Waals surface area contributed by atoms with E-state index in [1.807, 2.05) is 6.92 Å². The second-order valence-corrected chi connectivity index (χ2v) is 4.56.